The molecule has 1 unspecified atom stereocenters. The summed E-state index contributed by atoms with van der Waals surface area (Å²) in [6, 6.07) is 2.93. The third-order valence-electron chi connectivity index (χ3n) is 4.22. The number of rotatable bonds is 1. The van der Waals surface area contributed by atoms with E-state index in [-0.39, 0.29) is 12.1 Å². The summed E-state index contributed by atoms with van der Waals surface area (Å²) in [5.74, 6) is 0. The lowest BCUT2D eigenvalue weighted by Crippen LogP contribution is -2.47. The molecule has 98 valence electrons. The van der Waals surface area contributed by atoms with Crippen LogP contribution in [0.1, 0.15) is 49.1 Å². The van der Waals surface area contributed by atoms with E-state index in [2.05, 4.69) is 23.7 Å². The Kier molecular flexibility index (Phi) is 3.29. The Bertz CT molecular complexity index is 437. The van der Waals surface area contributed by atoms with Gasteiger partial charge in [-0.1, -0.05) is 12.8 Å². The first-order chi connectivity index (χ1) is 8.75. The van der Waals surface area contributed by atoms with Crippen molar-refractivity contribution >= 4 is 17.4 Å². The SMILES string of the molecule is CC1c2ccsc2CCN1C(=O)NC1CCCC1. The number of amides is 2. The fourth-order valence-corrected chi connectivity index (χ4v) is 4.08. The second-order valence-corrected chi connectivity index (χ2v) is 6.35. The van der Waals surface area contributed by atoms with Crippen molar-refractivity contribution in [3.8, 4) is 0 Å². The van der Waals surface area contributed by atoms with Gasteiger partial charge in [0.1, 0.15) is 0 Å². The normalized spacial score (nSPS) is 24.1. The predicted molar refractivity (Wildman–Crippen MR) is 73.9 cm³/mol. The van der Waals surface area contributed by atoms with Crippen molar-refractivity contribution in [3.63, 3.8) is 0 Å². The molecule has 0 bridgehead atoms. The van der Waals surface area contributed by atoms with E-state index in [9.17, 15) is 4.79 Å². The topological polar surface area (TPSA) is 32.3 Å². The van der Waals surface area contributed by atoms with E-state index < -0.39 is 0 Å². The molecule has 2 aliphatic rings. The molecule has 2 heterocycles. The highest BCUT2D eigenvalue weighted by Crippen LogP contribution is 2.32. The van der Waals surface area contributed by atoms with Gasteiger partial charge in [-0.2, -0.15) is 0 Å². The zero-order valence-corrected chi connectivity index (χ0v) is 11.6. The molecular weight excluding hydrogens is 244 g/mol. The molecule has 1 aliphatic heterocycles. The van der Waals surface area contributed by atoms with Crippen LogP contribution < -0.4 is 5.32 Å². The maximum absolute atomic E-state index is 12.3. The Morgan fingerprint density at radius 1 is 1.44 bits per heavy atom. The number of urea groups is 1. The number of carbonyl (C=O) groups is 1. The van der Waals surface area contributed by atoms with Gasteiger partial charge in [-0.05, 0) is 43.2 Å². The van der Waals surface area contributed by atoms with Crippen LogP contribution in [0.15, 0.2) is 11.4 Å². The molecule has 1 atom stereocenters. The minimum atomic E-state index is 0.131. The van der Waals surface area contributed by atoms with E-state index in [4.69, 9.17) is 0 Å². The Hall–Kier alpha value is -1.03. The van der Waals surface area contributed by atoms with Crippen molar-refractivity contribution in [2.24, 2.45) is 0 Å². The quantitative estimate of drug-likeness (QED) is 0.829. The molecule has 1 aromatic rings. The maximum atomic E-state index is 12.3. The monoisotopic (exact) mass is 264 g/mol. The lowest BCUT2D eigenvalue weighted by molar-refractivity contribution is 0.171. The predicted octanol–water partition coefficient (Wildman–Crippen LogP) is 3.32. The van der Waals surface area contributed by atoms with E-state index in [0.717, 1.165) is 25.8 Å². The molecule has 18 heavy (non-hydrogen) atoms. The second kappa shape index (κ2) is 4.92. The molecular formula is C14H20N2OS. The van der Waals surface area contributed by atoms with Crippen molar-refractivity contribution in [1.82, 2.24) is 10.2 Å². The molecule has 2 amide bonds. The third-order valence-corrected chi connectivity index (χ3v) is 5.22. The molecule has 0 radical (unpaired) electrons. The minimum Gasteiger partial charge on any atom is -0.335 e. The van der Waals surface area contributed by atoms with Crippen LogP contribution in [0.3, 0.4) is 0 Å². The first kappa shape index (κ1) is 12.0. The summed E-state index contributed by atoms with van der Waals surface area (Å²) in [6.45, 7) is 2.99. The molecule has 0 aromatic carbocycles. The van der Waals surface area contributed by atoms with Crippen LogP contribution in [0.2, 0.25) is 0 Å². The second-order valence-electron chi connectivity index (χ2n) is 5.35. The van der Waals surface area contributed by atoms with E-state index in [1.807, 2.05) is 16.2 Å². The van der Waals surface area contributed by atoms with E-state index in [1.165, 1.54) is 23.3 Å². The number of carbonyl (C=O) groups excluding carboxylic acids is 1. The van der Waals surface area contributed by atoms with Gasteiger partial charge in [-0.15, -0.1) is 11.3 Å². The smallest absolute Gasteiger partial charge is 0.318 e. The molecule has 1 N–H and O–H groups in total. The number of nitrogens with one attached hydrogen (secondary N) is 1. The minimum absolute atomic E-state index is 0.131. The fraction of sp³-hybridized carbons (Fsp3) is 0.643. The first-order valence-electron chi connectivity index (χ1n) is 6.89. The van der Waals surface area contributed by atoms with Crippen molar-refractivity contribution in [1.29, 1.82) is 0 Å². The lowest BCUT2D eigenvalue weighted by Gasteiger charge is -2.34. The van der Waals surface area contributed by atoms with Crippen molar-refractivity contribution in [2.45, 2.75) is 51.1 Å². The summed E-state index contributed by atoms with van der Waals surface area (Å²) in [5, 5.41) is 5.33. The highest BCUT2D eigenvalue weighted by Gasteiger charge is 2.29. The van der Waals surface area contributed by atoms with Gasteiger partial charge in [0.05, 0.1) is 6.04 Å². The molecule has 0 saturated heterocycles. The average Bonchev–Trinajstić information content (AvgIpc) is 2.99. The number of fused-ring (bicyclic) bond motifs is 1. The van der Waals surface area contributed by atoms with Crippen LogP contribution in [0, 0.1) is 0 Å². The average molecular weight is 264 g/mol. The highest BCUT2D eigenvalue weighted by atomic mass is 32.1. The molecule has 4 heteroatoms. The van der Waals surface area contributed by atoms with Gasteiger partial charge in [-0.25, -0.2) is 4.79 Å². The van der Waals surface area contributed by atoms with E-state index in [0.29, 0.717) is 6.04 Å². The third kappa shape index (κ3) is 2.14. The van der Waals surface area contributed by atoms with Crippen LogP contribution in [-0.4, -0.2) is 23.5 Å². The zero-order valence-electron chi connectivity index (χ0n) is 10.8. The standard InChI is InChI=1S/C14H20N2OS/c1-10-12-7-9-18-13(12)6-8-16(10)14(17)15-11-4-2-3-5-11/h7,9-11H,2-6,8H2,1H3,(H,15,17). The van der Waals surface area contributed by atoms with E-state index in [1.54, 1.807) is 0 Å². The number of hydrogen-bond acceptors (Lipinski definition) is 2. The molecule has 1 saturated carbocycles. The molecule has 3 nitrogen and oxygen atoms in total. The Morgan fingerprint density at radius 2 is 2.22 bits per heavy atom. The fourth-order valence-electron chi connectivity index (χ4n) is 3.11. The molecule has 1 fully saturated rings. The van der Waals surface area contributed by atoms with Crippen molar-refractivity contribution < 1.29 is 4.79 Å². The van der Waals surface area contributed by atoms with E-state index >= 15 is 0 Å². The molecule has 3 rings (SSSR count). The van der Waals surface area contributed by atoms with Crippen LogP contribution in [0.4, 0.5) is 4.79 Å². The number of nitrogens with zero attached hydrogens (tertiary/aromatic N) is 1. The van der Waals surface area contributed by atoms with Crippen LogP contribution >= 0.6 is 11.3 Å². The van der Waals surface area contributed by atoms with Gasteiger partial charge in [-0.3, -0.25) is 0 Å². The Morgan fingerprint density at radius 3 is 3.00 bits per heavy atom. The summed E-state index contributed by atoms with van der Waals surface area (Å²) in [6.07, 6.45) is 5.83. The zero-order chi connectivity index (χ0) is 12.5. The lowest BCUT2D eigenvalue weighted by atomic mass is 10.0. The van der Waals surface area contributed by atoms with Gasteiger partial charge in [0, 0.05) is 17.5 Å². The van der Waals surface area contributed by atoms with Gasteiger partial charge >= 0.3 is 6.03 Å². The van der Waals surface area contributed by atoms with Crippen LogP contribution in [0.5, 0.6) is 0 Å². The Balaban J connectivity index is 1.68. The van der Waals surface area contributed by atoms with Gasteiger partial charge in [0.2, 0.25) is 0 Å². The van der Waals surface area contributed by atoms with Gasteiger partial charge < -0.3 is 10.2 Å². The summed E-state index contributed by atoms with van der Waals surface area (Å²) in [5.41, 5.74) is 1.34. The summed E-state index contributed by atoms with van der Waals surface area (Å²) in [7, 11) is 0. The van der Waals surface area contributed by atoms with Crippen LogP contribution in [-0.2, 0) is 6.42 Å². The van der Waals surface area contributed by atoms with Gasteiger partial charge in [0.15, 0.2) is 0 Å². The number of hydrogen-bond donors (Lipinski definition) is 1. The summed E-state index contributed by atoms with van der Waals surface area (Å²) >= 11 is 1.82. The van der Waals surface area contributed by atoms with Crippen LogP contribution in [0.25, 0.3) is 0 Å². The largest absolute Gasteiger partial charge is 0.335 e. The Labute approximate surface area is 112 Å². The molecule has 0 spiro atoms. The summed E-state index contributed by atoms with van der Waals surface area (Å²) in [4.78, 5) is 15.8. The number of thiophene rings is 1. The molecule has 1 aromatic heterocycles. The first-order valence-corrected chi connectivity index (χ1v) is 7.77. The van der Waals surface area contributed by atoms with Crippen molar-refractivity contribution in [3.05, 3.63) is 21.9 Å². The maximum Gasteiger partial charge on any atom is 0.318 e. The molecule has 1 aliphatic carbocycles. The highest BCUT2D eigenvalue weighted by molar-refractivity contribution is 7.10. The van der Waals surface area contributed by atoms with Crippen molar-refractivity contribution in [2.75, 3.05) is 6.54 Å². The van der Waals surface area contributed by atoms with Gasteiger partial charge in [0.25, 0.3) is 0 Å². The summed E-state index contributed by atoms with van der Waals surface area (Å²) < 4.78 is 0.